The van der Waals surface area contributed by atoms with E-state index in [0.29, 0.717) is 31.0 Å². The number of ether oxygens (including phenoxy) is 1. The summed E-state index contributed by atoms with van der Waals surface area (Å²) in [5.41, 5.74) is 3.88. The Kier molecular flexibility index (Phi) is 10.1. The molecule has 5 nitrogen and oxygen atoms in total. The number of carbonyl (C=O) groups is 2. The van der Waals surface area contributed by atoms with Crippen LogP contribution >= 0.6 is 11.6 Å². The molecule has 0 saturated heterocycles. The van der Waals surface area contributed by atoms with Gasteiger partial charge < -0.3 is 15.0 Å². The smallest absolute Gasteiger partial charge is 0.243 e. The zero-order valence-corrected chi connectivity index (χ0v) is 22.8. The number of hydrogen-bond acceptors (Lipinski definition) is 3. The van der Waals surface area contributed by atoms with Gasteiger partial charge in [-0.1, -0.05) is 96.5 Å². The van der Waals surface area contributed by atoms with Gasteiger partial charge in [-0.3, -0.25) is 9.59 Å². The SMILES string of the molecule is COc1ccc(CN(C(=O)Cc2ccc(Cl)cc2)[C@@H](Cc2ccccc2)C(=O)NCCc2ccccc2)cc1. The fourth-order valence-electron chi connectivity index (χ4n) is 4.45. The van der Waals surface area contributed by atoms with Crippen LogP contribution in [0.2, 0.25) is 5.02 Å². The van der Waals surface area contributed by atoms with Crippen molar-refractivity contribution in [3.63, 3.8) is 0 Å². The van der Waals surface area contributed by atoms with E-state index in [2.05, 4.69) is 5.32 Å². The zero-order chi connectivity index (χ0) is 27.5. The van der Waals surface area contributed by atoms with Crippen LogP contribution in [-0.4, -0.2) is 36.4 Å². The molecule has 4 rings (SSSR count). The highest BCUT2D eigenvalue weighted by Crippen LogP contribution is 2.19. The van der Waals surface area contributed by atoms with Crippen LogP contribution in [0.5, 0.6) is 5.75 Å². The van der Waals surface area contributed by atoms with Crippen molar-refractivity contribution in [3.05, 3.63) is 136 Å². The maximum atomic E-state index is 13.8. The summed E-state index contributed by atoms with van der Waals surface area (Å²) in [6.45, 7) is 0.774. The molecule has 1 N–H and O–H groups in total. The van der Waals surface area contributed by atoms with Crippen molar-refractivity contribution in [2.24, 2.45) is 0 Å². The largest absolute Gasteiger partial charge is 0.497 e. The average molecular weight is 541 g/mol. The first kappa shape index (κ1) is 27.9. The number of rotatable bonds is 12. The summed E-state index contributed by atoms with van der Waals surface area (Å²) < 4.78 is 5.30. The lowest BCUT2D eigenvalue weighted by atomic mass is 10.0. The predicted molar refractivity (Wildman–Crippen MR) is 156 cm³/mol. The van der Waals surface area contributed by atoms with Crippen molar-refractivity contribution in [1.82, 2.24) is 10.2 Å². The highest BCUT2D eigenvalue weighted by molar-refractivity contribution is 6.30. The van der Waals surface area contributed by atoms with Crippen LogP contribution in [0.1, 0.15) is 22.3 Å². The molecule has 4 aromatic carbocycles. The third-order valence-corrected chi connectivity index (χ3v) is 6.86. The summed E-state index contributed by atoms with van der Waals surface area (Å²) in [6.07, 6.45) is 1.28. The first-order valence-corrected chi connectivity index (χ1v) is 13.4. The van der Waals surface area contributed by atoms with Crippen LogP contribution < -0.4 is 10.1 Å². The fraction of sp³-hybridized carbons (Fsp3) is 0.212. The Morgan fingerprint density at radius 3 is 1.97 bits per heavy atom. The van der Waals surface area contributed by atoms with Crippen molar-refractivity contribution in [3.8, 4) is 5.75 Å². The standard InChI is InChI=1S/C33H33ClN2O3/c1-39-30-18-14-28(15-19-30)24-36(32(37)23-27-12-16-29(34)17-13-27)31(22-26-10-6-3-7-11-26)33(38)35-21-20-25-8-4-2-5-9-25/h2-19,31H,20-24H2,1H3,(H,35,38)/t31-/m0/s1. The Morgan fingerprint density at radius 1 is 0.769 bits per heavy atom. The Hall–Kier alpha value is -4.09. The lowest BCUT2D eigenvalue weighted by Crippen LogP contribution is -2.51. The number of hydrogen-bond donors (Lipinski definition) is 1. The highest BCUT2D eigenvalue weighted by atomic mass is 35.5. The first-order valence-electron chi connectivity index (χ1n) is 13.0. The van der Waals surface area contributed by atoms with Crippen LogP contribution in [0.3, 0.4) is 0 Å². The van der Waals surface area contributed by atoms with Crippen molar-refractivity contribution < 1.29 is 14.3 Å². The Morgan fingerprint density at radius 2 is 1.36 bits per heavy atom. The minimum atomic E-state index is -0.690. The normalized spacial score (nSPS) is 11.4. The molecular weight excluding hydrogens is 508 g/mol. The summed E-state index contributed by atoms with van der Waals surface area (Å²) in [5, 5.41) is 3.70. The first-order chi connectivity index (χ1) is 19.0. The number of nitrogens with zero attached hydrogens (tertiary/aromatic N) is 1. The molecule has 0 spiro atoms. The Labute approximate surface area is 235 Å². The number of amides is 2. The molecule has 0 aliphatic heterocycles. The number of methoxy groups -OCH3 is 1. The quantitative estimate of drug-likeness (QED) is 0.244. The van der Waals surface area contributed by atoms with Crippen LogP contribution in [0.25, 0.3) is 0 Å². The van der Waals surface area contributed by atoms with E-state index >= 15 is 0 Å². The summed E-state index contributed by atoms with van der Waals surface area (Å²) in [6, 6.07) is 34.0. The summed E-state index contributed by atoms with van der Waals surface area (Å²) in [5.74, 6) is 0.428. The van der Waals surface area contributed by atoms with E-state index in [1.54, 1.807) is 24.1 Å². The second-order valence-electron chi connectivity index (χ2n) is 9.41. The third-order valence-electron chi connectivity index (χ3n) is 6.61. The molecular formula is C33H33ClN2O3. The number of benzene rings is 4. The molecule has 0 bridgehead atoms. The van der Waals surface area contributed by atoms with Crippen LogP contribution in [-0.2, 0) is 35.4 Å². The van der Waals surface area contributed by atoms with E-state index in [9.17, 15) is 9.59 Å². The van der Waals surface area contributed by atoms with Crippen molar-refractivity contribution >= 4 is 23.4 Å². The molecule has 6 heteroatoms. The molecule has 1 atom stereocenters. The summed E-state index contributed by atoms with van der Waals surface area (Å²) in [7, 11) is 1.62. The van der Waals surface area contributed by atoms with Crippen LogP contribution in [0.4, 0.5) is 0 Å². The molecule has 2 amide bonds. The van der Waals surface area contributed by atoms with E-state index in [-0.39, 0.29) is 18.2 Å². The summed E-state index contributed by atoms with van der Waals surface area (Å²) in [4.78, 5) is 29.3. The zero-order valence-electron chi connectivity index (χ0n) is 22.1. The second-order valence-corrected chi connectivity index (χ2v) is 9.84. The van der Waals surface area contributed by atoms with E-state index in [4.69, 9.17) is 16.3 Å². The lowest BCUT2D eigenvalue weighted by molar-refractivity contribution is -0.140. The maximum Gasteiger partial charge on any atom is 0.243 e. The lowest BCUT2D eigenvalue weighted by Gasteiger charge is -2.32. The molecule has 200 valence electrons. The Balaban J connectivity index is 1.60. The molecule has 0 fully saturated rings. The molecule has 0 aromatic heterocycles. The molecule has 0 unspecified atom stereocenters. The van der Waals surface area contributed by atoms with Gasteiger partial charge in [-0.2, -0.15) is 0 Å². The molecule has 0 heterocycles. The molecule has 0 aliphatic rings. The van der Waals surface area contributed by atoms with Crippen molar-refractivity contribution in [1.29, 1.82) is 0 Å². The van der Waals surface area contributed by atoms with Gasteiger partial charge >= 0.3 is 0 Å². The minimum absolute atomic E-state index is 0.132. The van der Waals surface area contributed by atoms with Gasteiger partial charge in [0.05, 0.1) is 13.5 Å². The van der Waals surface area contributed by atoms with E-state index in [1.807, 2.05) is 97.1 Å². The van der Waals surface area contributed by atoms with Crippen molar-refractivity contribution in [2.75, 3.05) is 13.7 Å². The predicted octanol–water partition coefficient (Wildman–Crippen LogP) is 5.89. The minimum Gasteiger partial charge on any atom is -0.497 e. The number of halogens is 1. The topological polar surface area (TPSA) is 58.6 Å². The van der Waals surface area contributed by atoms with Crippen LogP contribution in [0, 0.1) is 0 Å². The second kappa shape index (κ2) is 14.2. The van der Waals surface area contributed by atoms with Gasteiger partial charge in [0, 0.05) is 24.5 Å². The molecule has 0 saturated carbocycles. The van der Waals surface area contributed by atoms with Gasteiger partial charge in [0.2, 0.25) is 11.8 Å². The van der Waals surface area contributed by atoms with E-state index < -0.39 is 6.04 Å². The van der Waals surface area contributed by atoms with Gasteiger partial charge in [0.15, 0.2) is 0 Å². The van der Waals surface area contributed by atoms with E-state index in [1.165, 1.54) is 0 Å². The number of carbonyl (C=O) groups excluding carboxylic acids is 2. The molecule has 0 aliphatic carbocycles. The molecule has 39 heavy (non-hydrogen) atoms. The van der Waals surface area contributed by atoms with Gasteiger partial charge in [-0.05, 0) is 52.9 Å². The molecule has 0 radical (unpaired) electrons. The van der Waals surface area contributed by atoms with Gasteiger partial charge in [-0.25, -0.2) is 0 Å². The van der Waals surface area contributed by atoms with E-state index in [0.717, 1.165) is 28.0 Å². The van der Waals surface area contributed by atoms with Crippen molar-refractivity contribution in [2.45, 2.75) is 31.8 Å². The summed E-state index contributed by atoms with van der Waals surface area (Å²) >= 11 is 6.06. The van der Waals surface area contributed by atoms with Gasteiger partial charge in [0.25, 0.3) is 0 Å². The van der Waals surface area contributed by atoms with Crippen LogP contribution in [0.15, 0.2) is 109 Å². The number of nitrogens with one attached hydrogen (secondary N) is 1. The highest BCUT2D eigenvalue weighted by Gasteiger charge is 2.30. The fourth-order valence-corrected chi connectivity index (χ4v) is 4.58. The Bertz CT molecular complexity index is 1330. The molecule has 4 aromatic rings. The monoisotopic (exact) mass is 540 g/mol. The van der Waals surface area contributed by atoms with Gasteiger partial charge in [0.1, 0.15) is 11.8 Å². The van der Waals surface area contributed by atoms with Gasteiger partial charge in [-0.15, -0.1) is 0 Å². The third kappa shape index (κ3) is 8.45. The average Bonchev–Trinajstić information content (AvgIpc) is 2.97. The maximum absolute atomic E-state index is 13.8.